The Morgan fingerprint density at radius 2 is 1.43 bits per heavy atom. The highest BCUT2D eigenvalue weighted by Crippen LogP contribution is 2.14. The van der Waals surface area contributed by atoms with Gasteiger partial charge in [-0.1, -0.05) is 39.5 Å². The van der Waals surface area contributed by atoms with Crippen molar-refractivity contribution >= 4 is 0 Å². The maximum Gasteiger partial charge on any atom is 0.0124 e. The summed E-state index contributed by atoms with van der Waals surface area (Å²) in [5.74, 6) is 0. The molecule has 0 aliphatic heterocycles. The summed E-state index contributed by atoms with van der Waals surface area (Å²) in [6, 6.07) is 0. The molecule has 0 aromatic heterocycles. The van der Waals surface area contributed by atoms with Gasteiger partial charge in [0.1, 0.15) is 0 Å². The van der Waals surface area contributed by atoms with E-state index in [1.165, 1.54) is 45.2 Å². The van der Waals surface area contributed by atoms with E-state index in [9.17, 15) is 0 Å². The molecule has 14 heavy (non-hydrogen) atoms. The molecule has 0 fully saturated rings. The lowest BCUT2D eigenvalue weighted by atomic mass is 10.0. The highest BCUT2D eigenvalue weighted by molar-refractivity contribution is 4.74. The van der Waals surface area contributed by atoms with Crippen LogP contribution in [-0.4, -0.2) is 23.5 Å². The van der Waals surface area contributed by atoms with E-state index in [0.29, 0.717) is 5.54 Å². The first kappa shape index (κ1) is 14.0. The lowest BCUT2D eigenvalue weighted by Crippen LogP contribution is -2.41. The smallest absolute Gasteiger partial charge is 0.0124 e. The fourth-order valence-electron chi connectivity index (χ4n) is 1.87. The predicted octanol–water partition coefficient (Wildman–Crippen LogP) is 4.08. The summed E-state index contributed by atoms with van der Waals surface area (Å²) in [5.41, 5.74) is 0.347. The van der Waals surface area contributed by atoms with Crippen molar-refractivity contribution < 1.29 is 0 Å². The summed E-state index contributed by atoms with van der Waals surface area (Å²) >= 11 is 0. The fourth-order valence-corrected chi connectivity index (χ4v) is 1.87. The molecular formula is C13H29N. The average molecular weight is 199 g/mol. The molecule has 0 rings (SSSR count). The van der Waals surface area contributed by atoms with Gasteiger partial charge in [0, 0.05) is 5.54 Å². The van der Waals surface area contributed by atoms with Crippen LogP contribution in [-0.2, 0) is 0 Å². The van der Waals surface area contributed by atoms with E-state index in [1.807, 2.05) is 0 Å². The highest BCUT2D eigenvalue weighted by Gasteiger charge is 2.18. The molecule has 0 heterocycles. The maximum atomic E-state index is 2.57. The lowest BCUT2D eigenvalue weighted by molar-refractivity contribution is 0.142. The summed E-state index contributed by atoms with van der Waals surface area (Å²) < 4.78 is 0. The van der Waals surface area contributed by atoms with Gasteiger partial charge in [0.05, 0.1) is 0 Å². The van der Waals surface area contributed by atoms with Crippen LogP contribution in [0.5, 0.6) is 0 Å². The molecule has 0 atom stereocenters. The second-order valence-electron chi connectivity index (χ2n) is 5.16. The Morgan fingerprint density at radius 3 is 1.86 bits per heavy atom. The van der Waals surface area contributed by atoms with Gasteiger partial charge in [-0.2, -0.15) is 0 Å². The van der Waals surface area contributed by atoms with E-state index in [-0.39, 0.29) is 0 Å². The molecule has 0 N–H and O–H groups in total. The molecule has 0 saturated heterocycles. The van der Waals surface area contributed by atoms with Gasteiger partial charge in [-0.15, -0.1) is 0 Å². The lowest BCUT2D eigenvalue weighted by Gasteiger charge is -2.34. The van der Waals surface area contributed by atoms with Crippen LogP contribution in [0.4, 0.5) is 0 Å². The van der Waals surface area contributed by atoms with E-state index in [0.717, 1.165) is 0 Å². The molecule has 1 nitrogen and oxygen atoms in total. The third-order valence-corrected chi connectivity index (χ3v) is 2.86. The first-order valence-corrected chi connectivity index (χ1v) is 6.27. The van der Waals surface area contributed by atoms with Crippen LogP contribution in [0.2, 0.25) is 0 Å². The van der Waals surface area contributed by atoms with Crippen molar-refractivity contribution in [2.24, 2.45) is 0 Å². The first-order chi connectivity index (χ1) is 6.52. The van der Waals surface area contributed by atoms with Crippen molar-refractivity contribution in [3.63, 3.8) is 0 Å². The molecule has 0 spiro atoms. The second kappa shape index (κ2) is 7.28. The van der Waals surface area contributed by atoms with Crippen LogP contribution in [0.3, 0.4) is 0 Å². The monoisotopic (exact) mass is 199 g/mol. The van der Waals surface area contributed by atoms with E-state index in [4.69, 9.17) is 0 Å². The zero-order chi connectivity index (χ0) is 11.0. The third-order valence-electron chi connectivity index (χ3n) is 2.86. The summed E-state index contributed by atoms with van der Waals surface area (Å²) in [6.45, 7) is 13.9. The molecule has 1 heteroatoms. The van der Waals surface area contributed by atoms with Gasteiger partial charge in [0.15, 0.2) is 0 Å². The third kappa shape index (κ3) is 6.42. The van der Waals surface area contributed by atoms with E-state index in [2.05, 4.69) is 39.5 Å². The topological polar surface area (TPSA) is 3.24 Å². The molecular weight excluding hydrogens is 170 g/mol. The first-order valence-electron chi connectivity index (χ1n) is 6.27. The number of hydrogen-bond donors (Lipinski definition) is 0. The zero-order valence-corrected chi connectivity index (χ0v) is 10.9. The van der Waals surface area contributed by atoms with Gasteiger partial charge in [-0.25, -0.2) is 0 Å². The van der Waals surface area contributed by atoms with Crippen LogP contribution < -0.4 is 0 Å². The van der Waals surface area contributed by atoms with Crippen LogP contribution in [0.25, 0.3) is 0 Å². The normalized spacial score (nSPS) is 12.4. The van der Waals surface area contributed by atoms with Gasteiger partial charge in [0.25, 0.3) is 0 Å². The Balaban J connectivity index is 3.54. The summed E-state index contributed by atoms with van der Waals surface area (Å²) in [5, 5.41) is 0. The SMILES string of the molecule is CCCCCCCN(CC)C(C)(C)C. The van der Waals surface area contributed by atoms with Crippen LogP contribution in [0, 0.1) is 0 Å². The summed E-state index contributed by atoms with van der Waals surface area (Å²) in [7, 11) is 0. The quantitative estimate of drug-likeness (QED) is 0.559. The van der Waals surface area contributed by atoms with Gasteiger partial charge in [-0.05, 0) is 40.3 Å². The van der Waals surface area contributed by atoms with Crippen molar-refractivity contribution in [1.82, 2.24) is 4.90 Å². The van der Waals surface area contributed by atoms with Crippen molar-refractivity contribution in [3.05, 3.63) is 0 Å². The molecule has 0 bridgehead atoms. The molecule has 0 amide bonds. The van der Waals surface area contributed by atoms with Crippen molar-refractivity contribution in [1.29, 1.82) is 0 Å². The van der Waals surface area contributed by atoms with Gasteiger partial charge < -0.3 is 0 Å². The molecule has 86 valence electrons. The Bertz CT molecular complexity index is 124. The predicted molar refractivity (Wildman–Crippen MR) is 65.8 cm³/mol. The number of hydrogen-bond acceptors (Lipinski definition) is 1. The van der Waals surface area contributed by atoms with Gasteiger partial charge in [0.2, 0.25) is 0 Å². The standard InChI is InChI=1S/C13H29N/c1-6-8-9-10-11-12-14(7-2)13(3,4)5/h6-12H2,1-5H3. The summed E-state index contributed by atoms with van der Waals surface area (Å²) in [6.07, 6.45) is 6.93. The minimum atomic E-state index is 0.347. The van der Waals surface area contributed by atoms with Crippen molar-refractivity contribution in [2.45, 2.75) is 72.3 Å². The summed E-state index contributed by atoms with van der Waals surface area (Å²) in [4.78, 5) is 2.57. The minimum Gasteiger partial charge on any atom is -0.299 e. The average Bonchev–Trinajstić information content (AvgIpc) is 2.09. The zero-order valence-electron chi connectivity index (χ0n) is 10.9. The fraction of sp³-hybridized carbons (Fsp3) is 1.00. The Morgan fingerprint density at radius 1 is 0.857 bits per heavy atom. The maximum absolute atomic E-state index is 2.57. The van der Waals surface area contributed by atoms with E-state index < -0.39 is 0 Å². The van der Waals surface area contributed by atoms with Crippen molar-refractivity contribution in [2.75, 3.05) is 13.1 Å². The van der Waals surface area contributed by atoms with Gasteiger partial charge in [-0.3, -0.25) is 4.90 Å². The largest absolute Gasteiger partial charge is 0.299 e. The van der Waals surface area contributed by atoms with Crippen LogP contribution in [0.15, 0.2) is 0 Å². The molecule has 0 radical (unpaired) electrons. The Kier molecular flexibility index (Phi) is 7.26. The Labute approximate surface area is 90.9 Å². The molecule has 0 unspecified atom stereocenters. The van der Waals surface area contributed by atoms with E-state index in [1.54, 1.807) is 0 Å². The molecule has 0 aromatic carbocycles. The Hall–Kier alpha value is -0.0400. The van der Waals surface area contributed by atoms with Gasteiger partial charge >= 0.3 is 0 Å². The number of nitrogens with zero attached hydrogens (tertiary/aromatic N) is 1. The molecule has 0 saturated carbocycles. The number of rotatable bonds is 7. The molecule has 0 aromatic rings. The minimum absolute atomic E-state index is 0.347. The molecule has 0 aliphatic carbocycles. The highest BCUT2D eigenvalue weighted by atomic mass is 15.2. The van der Waals surface area contributed by atoms with Crippen molar-refractivity contribution in [3.8, 4) is 0 Å². The van der Waals surface area contributed by atoms with Crippen LogP contribution >= 0.6 is 0 Å². The second-order valence-corrected chi connectivity index (χ2v) is 5.16. The van der Waals surface area contributed by atoms with E-state index >= 15 is 0 Å². The molecule has 0 aliphatic rings. The van der Waals surface area contributed by atoms with Crippen LogP contribution in [0.1, 0.15) is 66.7 Å². The number of unbranched alkanes of at least 4 members (excludes halogenated alkanes) is 4.